The highest BCUT2D eigenvalue weighted by Crippen LogP contribution is 2.49. The van der Waals surface area contributed by atoms with Gasteiger partial charge >= 0.3 is 5.97 Å². The molecule has 0 atom stereocenters. The Balaban J connectivity index is 0.000000791. The zero-order valence-corrected chi connectivity index (χ0v) is 56.3. The number of esters is 1. The van der Waals surface area contributed by atoms with Crippen LogP contribution in [0.25, 0.3) is 0 Å². The lowest BCUT2D eigenvalue weighted by atomic mass is 9.88. The van der Waals surface area contributed by atoms with Gasteiger partial charge in [-0.1, -0.05) is 22.3 Å². The van der Waals surface area contributed by atoms with Gasteiger partial charge in [-0.2, -0.15) is 15.3 Å². The number of aryl methyl sites for hydroxylation is 3. The van der Waals surface area contributed by atoms with E-state index < -0.39 is 17.0 Å². The molecule has 0 bridgehead atoms. The molecule has 7 aliphatic rings. The number of aliphatic hydroxyl groups is 1. The number of β-amino-alcohol motifs (C(OH)–C–C–N with tert-alkyl or cyclic N) is 1. The summed E-state index contributed by atoms with van der Waals surface area (Å²) < 4.78 is 20.4. The van der Waals surface area contributed by atoms with Crippen LogP contribution in [0.3, 0.4) is 0 Å². The summed E-state index contributed by atoms with van der Waals surface area (Å²) in [5.74, 6) is 6.55. The standard InChI is InChI=1S/C26H29N7O3S.C24H26FN7O2S.C17H19N7S.3CH4.10H2/c1-15-11-22(32-31-15)28-21-12-23(33-13-26(14-33,18-5-6-18)36-16(2)34)30-25(29-21)37-20-9-7-19(8-10-20)27-24(35)17-3-4-17;1-13-8-20(31-30-13)27-19-10-21(32-11-24(34,12-32)15-4-5-15)29-23(28-19)35-16-6-7-18(17(25)9-16)26-22(33)14-2-3-14;1-11-9-15(23-22-11)19-14-10-16(24-7-2-8-24)21-17(20-14)25-13-5-3-12(18)4-6-13;;;;;;;;;;;;;/h7-12,17-18H,3-6,13-14H2,1-2H3,(H,27,35)(H2,28,29,30,31,32);6-10,14-15,34H,2-5,11-12H2,1H3,(H,26,33)(H2,27,28,29,30,31);3-6,9-10H,2,7-8,18H2,1H3,(H2,19,20,21,22,23);3*1H4;10*1H. The summed E-state index contributed by atoms with van der Waals surface area (Å²) in [4.78, 5) is 72.9. The van der Waals surface area contributed by atoms with Crippen molar-refractivity contribution < 1.29 is 42.9 Å². The summed E-state index contributed by atoms with van der Waals surface area (Å²) in [6.07, 6.45) is 9.19. The van der Waals surface area contributed by atoms with Gasteiger partial charge in [-0.15, -0.1) is 0 Å². The summed E-state index contributed by atoms with van der Waals surface area (Å²) in [5.41, 5.74) is 9.26. The van der Waals surface area contributed by atoms with E-state index in [0.717, 1.165) is 126 Å². The molecule has 11 N–H and O–H groups in total. The van der Waals surface area contributed by atoms with Gasteiger partial charge in [0.15, 0.2) is 32.9 Å². The van der Waals surface area contributed by atoms with Gasteiger partial charge in [0.05, 0.1) is 31.9 Å². The number of nitrogens with zero attached hydrogens (tertiary/aromatic N) is 12. The van der Waals surface area contributed by atoms with Crippen LogP contribution in [0.5, 0.6) is 0 Å². The number of nitrogens with one attached hydrogen (secondary N) is 8. The monoisotopic (exact) mass is 1440 g/mol. The largest absolute Gasteiger partial charge is 0.455 e. The Labute approximate surface area is 608 Å². The van der Waals surface area contributed by atoms with Crippen molar-refractivity contribution in [2.24, 2.45) is 23.7 Å². The van der Waals surface area contributed by atoms with E-state index in [0.29, 0.717) is 87.5 Å². The molecule has 16 rings (SSSR count). The summed E-state index contributed by atoms with van der Waals surface area (Å²) in [5, 5.41) is 49.2. The first-order chi connectivity index (χ1) is 46.8. The number of aromatic amines is 3. The molecule has 9 aromatic rings. The fourth-order valence-corrected chi connectivity index (χ4v) is 13.8. The minimum Gasteiger partial charge on any atom is -0.455 e. The van der Waals surface area contributed by atoms with Crippen molar-refractivity contribution in [1.29, 1.82) is 0 Å². The highest BCUT2D eigenvalue weighted by atomic mass is 32.2. The van der Waals surface area contributed by atoms with Crippen LogP contribution in [-0.4, -0.2) is 134 Å². The SMILES string of the molecule is C.C.C.CC(=O)OC1(C2CC2)CN(c2cc(Nc3cc(C)[nH]n3)nc(Sc3ccc(NC(=O)C4CC4)cc3)n2)C1.Cc1cc(Nc2cc(N3CC(O)(C4CC4)C3)nc(Sc3ccc(NC(=O)C4CC4)c(F)c3)n2)n[nH]1.Cc1cc(Nc2cc(N3CCC3)nc(Sc3ccc(N)cc3)n2)n[nH]1.[HH].[HH].[HH].[HH].[HH].[HH].[HH].[HH].[HH].[HH]. The van der Waals surface area contributed by atoms with Crippen molar-refractivity contribution in [2.45, 2.75) is 149 Å². The molecule has 0 radical (unpaired) electrons. The van der Waals surface area contributed by atoms with Crippen molar-refractivity contribution in [3.63, 3.8) is 0 Å². The number of carbonyl (C=O) groups excluding carboxylic acids is 3. The number of ether oxygens (including phenoxy) is 1. The molecule has 30 heteroatoms. The van der Waals surface area contributed by atoms with Crippen molar-refractivity contribution in [3.05, 3.63) is 126 Å². The lowest BCUT2D eigenvalue weighted by Crippen LogP contribution is -2.65. The van der Waals surface area contributed by atoms with Gasteiger partial charge in [-0.25, -0.2) is 34.3 Å². The minimum absolute atomic E-state index is 0. The van der Waals surface area contributed by atoms with E-state index >= 15 is 0 Å². The maximum absolute atomic E-state index is 14.7. The van der Waals surface area contributed by atoms with Crippen LogP contribution in [0, 0.1) is 50.3 Å². The van der Waals surface area contributed by atoms with E-state index in [1.54, 1.807) is 12.1 Å². The van der Waals surface area contributed by atoms with Crippen LogP contribution in [0.2, 0.25) is 0 Å². The van der Waals surface area contributed by atoms with E-state index in [1.165, 1.54) is 54.7 Å². The van der Waals surface area contributed by atoms with E-state index in [4.69, 9.17) is 25.4 Å². The molecule has 100 heavy (non-hydrogen) atoms. The van der Waals surface area contributed by atoms with Crippen molar-refractivity contribution in [1.82, 2.24) is 60.5 Å². The fourth-order valence-electron chi connectivity index (χ4n) is 11.4. The van der Waals surface area contributed by atoms with Gasteiger partial charge in [0.1, 0.15) is 51.9 Å². The molecule has 3 aliphatic heterocycles. The number of rotatable bonds is 22. The molecule has 9 heterocycles. The molecule has 3 aromatic carbocycles. The Morgan fingerprint density at radius 3 is 1.36 bits per heavy atom. The number of halogens is 1. The lowest BCUT2D eigenvalue weighted by molar-refractivity contribution is -0.162. The van der Waals surface area contributed by atoms with Gasteiger partial charge < -0.3 is 56.9 Å². The summed E-state index contributed by atoms with van der Waals surface area (Å²) in [6, 6.07) is 31.5. The molecule has 0 spiro atoms. The second-order valence-corrected chi connectivity index (χ2v) is 28.9. The number of nitrogens with two attached hydrogens (primary N) is 1. The fraction of sp³-hybridized carbons (Fsp3) is 0.400. The summed E-state index contributed by atoms with van der Waals surface area (Å²) in [6.45, 7) is 11.7. The average Bonchev–Trinajstić information content (AvgIpc) is 1.43. The predicted octanol–water partition coefficient (Wildman–Crippen LogP) is 15.7. The maximum Gasteiger partial charge on any atom is 0.303 e. The lowest BCUT2D eigenvalue weighted by Gasteiger charge is -2.50. The molecule has 4 saturated carbocycles. The quantitative estimate of drug-likeness (QED) is 0.0171. The third-order valence-electron chi connectivity index (χ3n) is 17.4. The van der Waals surface area contributed by atoms with E-state index in [2.05, 4.69) is 81.9 Å². The minimum atomic E-state index is -0.644. The molecule has 4 aliphatic carbocycles. The van der Waals surface area contributed by atoms with E-state index in [-0.39, 0.29) is 71.9 Å². The number of hydrogen-bond donors (Lipinski definition) is 10. The smallest absolute Gasteiger partial charge is 0.303 e. The predicted molar refractivity (Wildman–Crippen MR) is 412 cm³/mol. The van der Waals surface area contributed by atoms with Crippen LogP contribution >= 0.6 is 35.3 Å². The number of nitrogen functional groups attached to an aromatic ring is 1. The summed E-state index contributed by atoms with van der Waals surface area (Å²) >= 11 is 4.19. The molecule has 6 aromatic heterocycles. The first-order valence-electron chi connectivity index (χ1n) is 32.5. The Bertz CT molecular complexity index is 4400. The number of aromatic nitrogens is 12. The Hall–Kier alpha value is -9.52. The zero-order chi connectivity index (χ0) is 67.0. The Morgan fingerprint density at radius 2 is 0.960 bits per heavy atom. The van der Waals surface area contributed by atoms with E-state index in [1.807, 2.05) is 111 Å². The number of anilines is 12. The number of benzene rings is 3. The number of carbonyl (C=O) groups is 3. The topological polar surface area (TPSA) is 340 Å². The highest BCUT2D eigenvalue weighted by molar-refractivity contribution is 7.99. The van der Waals surface area contributed by atoms with Crippen molar-refractivity contribution >= 4 is 122 Å². The first-order valence-corrected chi connectivity index (χ1v) is 34.9. The molecule has 26 nitrogen and oxygen atoms in total. The van der Waals surface area contributed by atoms with Crippen LogP contribution < -0.4 is 47.0 Å². The maximum atomic E-state index is 14.7. The van der Waals surface area contributed by atoms with Crippen LogP contribution in [0.1, 0.15) is 118 Å². The van der Waals surface area contributed by atoms with Gasteiger partial charge in [0.25, 0.3) is 0 Å². The molecular formula is C70H106FN21O5S3. The molecule has 546 valence electrons. The number of H-pyrrole nitrogens is 3. The normalized spacial score (nSPS) is 16.7. The highest BCUT2D eigenvalue weighted by Gasteiger charge is 2.57. The number of hydrogen-bond acceptors (Lipinski definition) is 24. The third-order valence-corrected chi connectivity index (χ3v) is 20.0. The Kier molecular flexibility index (Phi) is 21.9. The molecule has 0 unspecified atom stereocenters. The molecule has 2 amide bonds. The second kappa shape index (κ2) is 30.5. The summed E-state index contributed by atoms with van der Waals surface area (Å²) in [7, 11) is 0. The van der Waals surface area contributed by atoms with Gasteiger partial charge in [-0.05, 0) is 186 Å². The number of amides is 2. The van der Waals surface area contributed by atoms with Gasteiger partial charge in [0, 0.05) is 132 Å². The van der Waals surface area contributed by atoms with Crippen LogP contribution in [0.15, 0.2) is 133 Å². The average molecular weight is 1440 g/mol. The third kappa shape index (κ3) is 18.1. The Morgan fingerprint density at radius 1 is 0.540 bits per heavy atom. The second-order valence-electron chi connectivity index (χ2n) is 25.8. The van der Waals surface area contributed by atoms with Gasteiger partial charge in [-0.3, -0.25) is 29.7 Å². The first kappa shape index (κ1) is 71.8. The van der Waals surface area contributed by atoms with Gasteiger partial charge in [0.2, 0.25) is 11.8 Å². The molecule has 3 saturated heterocycles. The van der Waals surface area contributed by atoms with Crippen molar-refractivity contribution in [2.75, 3.05) is 86.3 Å². The van der Waals surface area contributed by atoms with E-state index in [9.17, 15) is 23.9 Å². The van der Waals surface area contributed by atoms with Crippen LogP contribution in [-0.2, 0) is 19.1 Å². The molecule has 7 fully saturated rings. The van der Waals surface area contributed by atoms with Crippen LogP contribution in [0.4, 0.5) is 73.8 Å². The zero-order valence-electron chi connectivity index (χ0n) is 53.9. The molecular weight excluding hydrogens is 1330 g/mol. The van der Waals surface area contributed by atoms with Crippen molar-refractivity contribution in [3.8, 4) is 0 Å².